The van der Waals surface area contributed by atoms with Gasteiger partial charge in [0.15, 0.2) is 0 Å². The van der Waals surface area contributed by atoms with Gasteiger partial charge in [-0.3, -0.25) is 35.9 Å². The number of nitrogens with zero attached hydrogens (tertiary/aromatic N) is 4. The minimum atomic E-state index is -0.743. The number of nitro benzene ring substituents is 1. The number of hydrazine groups is 1. The van der Waals surface area contributed by atoms with Crippen LogP contribution in [0.2, 0.25) is 5.02 Å². The molecule has 0 saturated carbocycles. The zero-order chi connectivity index (χ0) is 22.4. The number of halogens is 1. The maximum absolute atomic E-state index is 12.3. The van der Waals surface area contributed by atoms with E-state index >= 15 is 0 Å². The van der Waals surface area contributed by atoms with E-state index in [0.717, 1.165) is 18.0 Å². The smallest absolute Gasteiger partial charge is 0.354 e. The molecule has 158 valence electrons. The number of benzene rings is 2. The van der Waals surface area contributed by atoms with Crippen LogP contribution in [0.25, 0.3) is 0 Å². The van der Waals surface area contributed by atoms with Crippen molar-refractivity contribution in [2.24, 2.45) is 0 Å². The van der Waals surface area contributed by atoms with Gasteiger partial charge in [0.25, 0.3) is 11.6 Å². The molecule has 1 amide bonds. The number of hydrogen-bond acceptors (Lipinski definition) is 9. The summed E-state index contributed by atoms with van der Waals surface area (Å²) in [6, 6.07) is 11.9. The van der Waals surface area contributed by atoms with E-state index in [9.17, 15) is 25.0 Å². The number of non-ortho nitro benzene ring substituents is 1. The third-order valence-corrected chi connectivity index (χ3v) is 4.24. The van der Waals surface area contributed by atoms with Gasteiger partial charge in [-0.25, -0.2) is 9.97 Å². The molecule has 0 bridgehead atoms. The van der Waals surface area contributed by atoms with Crippen molar-refractivity contribution in [3.63, 3.8) is 0 Å². The number of aromatic nitrogens is 2. The Kier molecular flexibility index (Phi) is 6.52. The third-order valence-electron chi connectivity index (χ3n) is 3.99. The number of rotatable bonds is 8. The van der Waals surface area contributed by atoms with Crippen LogP contribution in [0.15, 0.2) is 54.9 Å². The fourth-order valence-corrected chi connectivity index (χ4v) is 2.64. The SMILES string of the molecule is O=C(NNc1ncnc(NCc2ccc(Cl)cc2)c1[N+](=O)[O-])c1cccc([N+](=O)[O-])c1. The maximum Gasteiger partial charge on any atom is 0.354 e. The lowest BCUT2D eigenvalue weighted by molar-refractivity contribution is -0.384. The zero-order valence-corrected chi connectivity index (χ0v) is 16.4. The van der Waals surface area contributed by atoms with Crippen LogP contribution in [-0.4, -0.2) is 25.7 Å². The number of carbonyl (C=O) groups excluding carboxylic acids is 1. The first-order valence-corrected chi connectivity index (χ1v) is 9.01. The van der Waals surface area contributed by atoms with Crippen molar-refractivity contribution in [3.05, 3.63) is 91.2 Å². The highest BCUT2D eigenvalue weighted by Gasteiger charge is 2.23. The zero-order valence-electron chi connectivity index (χ0n) is 15.6. The number of amides is 1. The Hall–Kier alpha value is -4.32. The summed E-state index contributed by atoms with van der Waals surface area (Å²) >= 11 is 5.84. The van der Waals surface area contributed by atoms with Gasteiger partial charge in [-0.15, -0.1) is 0 Å². The van der Waals surface area contributed by atoms with Crippen molar-refractivity contribution in [1.29, 1.82) is 0 Å². The van der Waals surface area contributed by atoms with Crippen LogP contribution in [0, 0.1) is 20.2 Å². The minimum Gasteiger partial charge on any atom is -0.360 e. The van der Waals surface area contributed by atoms with Gasteiger partial charge in [0.05, 0.1) is 9.85 Å². The van der Waals surface area contributed by atoms with Crippen molar-refractivity contribution in [2.45, 2.75) is 6.54 Å². The molecule has 0 spiro atoms. The van der Waals surface area contributed by atoms with Crippen molar-refractivity contribution < 1.29 is 14.6 Å². The topological polar surface area (TPSA) is 165 Å². The van der Waals surface area contributed by atoms with Gasteiger partial charge in [-0.1, -0.05) is 29.8 Å². The molecule has 3 aromatic rings. The predicted molar refractivity (Wildman–Crippen MR) is 112 cm³/mol. The summed E-state index contributed by atoms with van der Waals surface area (Å²) in [5.41, 5.74) is 4.64. The average Bonchev–Trinajstić information content (AvgIpc) is 2.76. The first kappa shape index (κ1) is 21.4. The van der Waals surface area contributed by atoms with Gasteiger partial charge in [0, 0.05) is 29.3 Å². The van der Waals surface area contributed by atoms with E-state index in [0.29, 0.717) is 5.02 Å². The molecule has 13 heteroatoms. The van der Waals surface area contributed by atoms with E-state index in [-0.39, 0.29) is 29.4 Å². The Morgan fingerprint density at radius 3 is 2.39 bits per heavy atom. The third kappa shape index (κ3) is 5.39. The largest absolute Gasteiger partial charge is 0.360 e. The molecule has 0 unspecified atom stereocenters. The molecule has 0 fully saturated rings. The maximum atomic E-state index is 12.3. The second-order valence-corrected chi connectivity index (χ2v) is 6.48. The van der Waals surface area contributed by atoms with Crippen molar-refractivity contribution in [2.75, 3.05) is 10.7 Å². The lowest BCUT2D eigenvalue weighted by Crippen LogP contribution is -2.30. The van der Waals surface area contributed by atoms with Crippen LogP contribution < -0.4 is 16.2 Å². The van der Waals surface area contributed by atoms with Crippen molar-refractivity contribution in [3.8, 4) is 0 Å². The van der Waals surface area contributed by atoms with Crippen molar-refractivity contribution >= 4 is 40.5 Å². The molecule has 31 heavy (non-hydrogen) atoms. The summed E-state index contributed by atoms with van der Waals surface area (Å²) in [7, 11) is 0. The molecular formula is C18H14ClN7O5. The van der Waals surface area contributed by atoms with Gasteiger partial charge >= 0.3 is 5.69 Å². The Labute approximate surface area is 179 Å². The average molecular weight is 444 g/mol. The first-order valence-electron chi connectivity index (χ1n) is 8.63. The molecular weight excluding hydrogens is 430 g/mol. The second kappa shape index (κ2) is 9.45. The van der Waals surface area contributed by atoms with Gasteiger partial charge in [0.2, 0.25) is 11.6 Å². The van der Waals surface area contributed by atoms with Crippen LogP contribution in [0.3, 0.4) is 0 Å². The normalized spacial score (nSPS) is 10.2. The predicted octanol–water partition coefficient (Wildman–Crippen LogP) is 3.32. The van der Waals surface area contributed by atoms with Gasteiger partial charge in [0.1, 0.15) is 6.33 Å². The van der Waals surface area contributed by atoms with Crippen LogP contribution in [0.1, 0.15) is 15.9 Å². The number of nitro groups is 2. The van der Waals surface area contributed by atoms with E-state index in [1.807, 2.05) is 0 Å². The summed E-state index contributed by atoms with van der Waals surface area (Å²) in [5.74, 6) is -1.08. The van der Waals surface area contributed by atoms with Gasteiger partial charge in [-0.2, -0.15) is 0 Å². The summed E-state index contributed by atoms with van der Waals surface area (Å²) in [4.78, 5) is 41.0. The number of nitrogens with one attached hydrogen (secondary N) is 3. The monoisotopic (exact) mass is 443 g/mol. The Balaban J connectivity index is 1.75. The highest BCUT2D eigenvalue weighted by atomic mass is 35.5. The van der Waals surface area contributed by atoms with Crippen LogP contribution in [-0.2, 0) is 6.54 Å². The molecule has 3 N–H and O–H groups in total. The van der Waals surface area contributed by atoms with E-state index in [1.165, 1.54) is 18.2 Å². The number of hydrogen-bond donors (Lipinski definition) is 3. The quantitative estimate of drug-likeness (QED) is 0.349. The molecule has 2 aromatic carbocycles. The summed E-state index contributed by atoms with van der Waals surface area (Å²) in [5, 5.41) is 25.8. The first-order chi connectivity index (χ1) is 14.8. The summed E-state index contributed by atoms with van der Waals surface area (Å²) in [6.07, 6.45) is 1.08. The summed E-state index contributed by atoms with van der Waals surface area (Å²) in [6.45, 7) is 0.231. The molecule has 0 aliphatic heterocycles. The Bertz CT molecular complexity index is 1140. The fourth-order valence-electron chi connectivity index (χ4n) is 2.51. The van der Waals surface area contributed by atoms with Gasteiger partial charge in [-0.05, 0) is 23.8 Å². The molecule has 0 saturated heterocycles. The molecule has 1 aromatic heterocycles. The summed E-state index contributed by atoms with van der Waals surface area (Å²) < 4.78 is 0. The molecule has 0 radical (unpaired) electrons. The molecule has 0 aliphatic carbocycles. The Morgan fingerprint density at radius 2 is 1.71 bits per heavy atom. The standard InChI is InChI=1S/C18H14ClN7O5/c19-13-6-4-11(5-7-13)9-20-16-15(26(30)31)17(22-10-21-16)23-24-18(27)12-2-1-3-14(8-12)25(28)29/h1-8,10H,9H2,(H,24,27)(H2,20,21,22,23). The fraction of sp³-hybridized carbons (Fsp3) is 0.0556. The molecule has 0 atom stereocenters. The van der Waals surface area contributed by atoms with E-state index < -0.39 is 21.4 Å². The van der Waals surface area contributed by atoms with E-state index in [2.05, 4.69) is 26.1 Å². The van der Waals surface area contributed by atoms with E-state index in [4.69, 9.17) is 11.6 Å². The van der Waals surface area contributed by atoms with Crippen molar-refractivity contribution in [1.82, 2.24) is 15.4 Å². The molecule has 0 aliphatic rings. The van der Waals surface area contributed by atoms with Crippen LogP contribution >= 0.6 is 11.6 Å². The number of carbonyl (C=O) groups is 1. The highest BCUT2D eigenvalue weighted by molar-refractivity contribution is 6.30. The molecule has 1 heterocycles. The number of anilines is 2. The van der Waals surface area contributed by atoms with E-state index in [1.54, 1.807) is 24.3 Å². The Morgan fingerprint density at radius 1 is 1.00 bits per heavy atom. The lowest BCUT2D eigenvalue weighted by Gasteiger charge is -2.11. The second-order valence-electron chi connectivity index (χ2n) is 6.04. The highest BCUT2D eigenvalue weighted by Crippen LogP contribution is 2.28. The van der Waals surface area contributed by atoms with Gasteiger partial charge < -0.3 is 5.32 Å². The minimum absolute atomic E-state index is 0.0144. The van der Waals surface area contributed by atoms with Crippen LogP contribution in [0.4, 0.5) is 23.0 Å². The van der Waals surface area contributed by atoms with Crippen LogP contribution in [0.5, 0.6) is 0 Å². The molecule has 3 rings (SSSR count). The molecule has 12 nitrogen and oxygen atoms in total. The lowest BCUT2D eigenvalue weighted by atomic mass is 10.2.